The Bertz CT molecular complexity index is 476. The van der Waals surface area contributed by atoms with Crippen molar-refractivity contribution in [2.75, 3.05) is 11.9 Å². The number of hydrogen-bond donors (Lipinski definition) is 3. The maximum Gasteiger partial charge on any atom is 0.328 e. The molecule has 2 amide bonds. The maximum atomic E-state index is 13.5. The predicted octanol–water partition coefficient (Wildman–Crippen LogP) is 1.99. The minimum Gasteiger partial charge on any atom is -0.369 e. The van der Waals surface area contributed by atoms with Gasteiger partial charge in [-0.1, -0.05) is 13.8 Å². The third kappa shape index (κ3) is 3.01. The smallest absolute Gasteiger partial charge is 0.328 e. The monoisotopic (exact) mass is 266 g/mol. The van der Waals surface area contributed by atoms with Crippen LogP contribution in [0.4, 0.5) is 14.9 Å². The fraction of sp³-hybridized carbons (Fsp3) is 0.385. The van der Waals surface area contributed by atoms with E-state index in [1.807, 2.05) is 13.8 Å². The van der Waals surface area contributed by atoms with E-state index in [2.05, 4.69) is 5.32 Å². The van der Waals surface area contributed by atoms with E-state index in [1.165, 1.54) is 19.2 Å². The van der Waals surface area contributed by atoms with Crippen molar-refractivity contribution in [3.63, 3.8) is 0 Å². The molecule has 0 saturated carbocycles. The van der Waals surface area contributed by atoms with E-state index in [9.17, 15) is 9.18 Å². The Morgan fingerprint density at radius 3 is 2.16 bits per heavy atom. The van der Waals surface area contributed by atoms with E-state index >= 15 is 0 Å². The summed E-state index contributed by atoms with van der Waals surface area (Å²) in [5, 5.41) is 10.0. The van der Waals surface area contributed by atoms with Crippen LogP contribution in [0.3, 0.4) is 0 Å². The summed E-state index contributed by atoms with van der Waals surface area (Å²) in [5.74, 6) is -0.742. The zero-order chi connectivity index (χ0) is 14.6. The zero-order valence-electron chi connectivity index (χ0n) is 11.4. The van der Waals surface area contributed by atoms with Crippen LogP contribution < -0.4 is 16.0 Å². The number of hydrogen-bond acceptors (Lipinski definition) is 2. The summed E-state index contributed by atoms with van der Waals surface area (Å²) in [6, 6.07) is 2.23. The number of urea groups is 1. The largest absolute Gasteiger partial charge is 0.369 e. The molecular weight excluding hydrogens is 247 g/mol. The van der Waals surface area contributed by atoms with Crippen molar-refractivity contribution in [3.05, 3.63) is 29.1 Å². The number of carbonyl (C=O) groups is 1. The first-order valence-corrected chi connectivity index (χ1v) is 6.13. The molecule has 5 nitrogen and oxygen atoms in total. The fourth-order valence-electron chi connectivity index (χ4n) is 1.99. The molecule has 0 spiro atoms. The van der Waals surface area contributed by atoms with Crippen LogP contribution in [-0.4, -0.2) is 19.0 Å². The molecule has 1 aromatic rings. The zero-order valence-corrected chi connectivity index (χ0v) is 11.4. The molecule has 0 bridgehead atoms. The molecule has 0 aliphatic rings. The standard InChI is InChI=1S/C13H19FN4O/c1-4-8-6-10(14)7-9(5-2)11(8)18(12(15)16)13(19)17-3/h6-7H,4-5H2,1-3H3,(H3,15,16)(H,17,19). The molecule has 0 heterocycles. The van der Waals surface area contributed by atoms with Crippen molar-refractivity contribution in [2.24, 2.45) is 5.73 Å². The van der Waals surface area contributed by atoms with Crippen LogP contribution in [0, 0.1) is 11.2 Å². The Kier molecular flexibility index (Phi) is 4.86. The molecular formula is C13H19FN4O. The molecule has 1 rings (SSSR count). The lowest BCUT2D eigenvalue weighted by Crippen LogP contribution is -2.47. The Labute approximate surface area is 112 Å². The SMILES string of the molecule is CCc1cc(F)cc(CC)c1N(C(=N)N)C(=O)NC. The predicted molar refractivity (Wildman–Crippen MR) is 74.0 cm³/mol. The Hall–Kier alpha value is -2.11. The first kappa shape index (κ1) is 14.9. The minimum atomic E-state index is -0.511. The molecule has 104 valence electrons. The summed E-state index contributed by atoms with van der Waals surface area (Å²) in [5.41, 5.74) is 7.28. The number of guanidine groups is 1. The first-order valence-electron chi connectivity index (χ1n) is 6.13. The average molecular weight is 266 g/mol. The van der Waals surface area contributed by atoms with Gasteiger partial charge in [-0.05, 0) is 36.1 Å². The Morgan fingerprint density at radius 1 is 1.37 bits per heavy atom. The summed E-state index contributed by atoms with van der Waals surface area (Å²) in [7, 11) is 1.46. The fourth-order valence-corrected chi connectivity index (χ4v) is 1.99. The lowest BCUT2D eigenvalue weighted by Gasteiger charge is -2.25. The molecule has 4 N–H and O–H groups in total. The van der Waals surface area contributed by atoms with Crippen molar-refractivity contribution < 1.29 is 9.18 Å². The van der Waals surface area contributed by atoms with Gasteiger partial charge in [0.15, 0.2) is 0 Å². The number of benzene rings is 1. The van der Waals surface area contributed by atoms with Gasteiger partial charge < -0.3 is 11.1 Å². The summed E-state index contributed by atoms with van der Waals surface area (Å²) in [4.78, 5) is 12.9. The van der Waals surface area contributed by atoms with Gasteiger partial charge in [-0.25, -0.2) is 14.1 Å². The highest BCUT2D eigenvalue weighted by molar-refractivity contribution is 6.14. The van der Waals surface area contributed by atoms with E-state index in [-0.39, 0.29) is 5.82 Å². The number of amides is 2. The topological polar surface area (TPSA) is 82.2 Å². The third-order valence-electron chi connectivity index (χ3n) is 2.88. The van der Waals surface area contributed by atoms with Gasteiger partial charge in [0, 0.05) is 7.05 Å². The van der Waals surface area contributed by atoms with Crippen molar-refractivity contribution in [1.82, 2.24) is 5.32 Å². The van der Waals surface area contributed by atoms with Gasteiger partial charge in [0.05, 0.1) is 5.69 Å². The molecule has 0 aromatic heterocycles. The molecule has 0 fully saturated rings. The van der Waals surface area contributed by atoms with Crippen LogP contribution in [-0.2, 0) is 12.8 Å². The Balaban J connectivity index is 3.52. The highest BCUT2D eigenvalue weighted by Crippen LogP contribution is 2.28. The molecule has 0 atom stereocenters. The number of halogens is 1. The van der Waals surface area contributed by atoms with Crippen LogP contribution >= 0.6 is 0 Å². The maximum absolute atomic E-state index is 13.5. The van der Waals surface area contributed by atoms with E-state index < -0.39 is 12.0 Å². The van der Waals surface area contributed by atoms with Gasteiger partial charge in [-0.15, -0.1) is 0 Å². The second-order valence-electron chi connectivity index (χ2n) is 4.06. The van der Waals surface area contributed by atoms with Crippen LogP contribution in [0.5, 0.6) is 0 Å². The number of aryl methyl sites for hydroxylation is 2. The van der Waals surface area contributed by atoms with E-state index in [1.54, 1.807) is 0 Å². The lowest BCUT2D eigenvalue weighted by molar-refractivity contribution is 0.251. The van der Waals surface area contributed by atoms with Gasteiger partial charge >= 0.3 is 6.03 Å². The van der Waals surface area contributed by atoms with Crippen molar-refractivity contribution in [3.8, 4) is 0 Å². The summed E-state index contributed by atoms with van der Waals surface area (Å²) in [6.45, 7) is 3.72. The number of carbonyl (C=O) groups excluding carboxylic acids is 1. The molecule has 0 aliphatic heterocycles. The third-order valence-corrected chi connectivity index (χ3v) is 2.88. The summed E-state index contributed by atoms with van der Waals surface area (Å²) < 4.78 is 13.5. The molecule has 19 heavy (non-hydrogen) atoms. The highest BCUT2D eigenvalue weighted by Gasteiger charge is 2.23. The van der Waals surface area contributed by atoms with Crippen molar-refractivity contribution in [2.45, 2.75) is 26.7 Å². The van der Waals surface area contributed by atoms with Crippen LogP contribution in [0.1, 0.15) is 25.0 Å². The molecule has 0 unspecified atom stereocenters. The quantitative estimate of drug-likeness (QED) is 0.577. The van der Waals surface area contributed by atoms with Gasteiger partial charge in [0.1, 0.15) is 5.82 Å². The molecule has 6 heteroatoms. The molecule has 0 aliphatic carbocycles. The number of nitrogens with zero attached hydrogens (tertiary/aromatic N) is 1. The first-order chi connectivity index (χ1) is 8.96. The number of rotatable bonds is 3. The number of anilines is 1. The van der Waals surface area contributed by atoms with Crippen LogP contribution in [0.25, 0.3) is 0 Å². The lowest BCUT2D eigenvalue weighted by atomic mass is 10.0. The summed E-state index contributed by atoms with van der Waals surface area (Å²) in [6.07, 6.45) is 1.09. The van der Waals surface area contributed by atoms with Gasteiger partial charge in [0.2, 0.25) is 5.96 Å². The number of nitrogens with one attached hydrogen (secondary N) is 2. The van der Waals surface area contributed by atoms with E-state index in [0.29, 0.717) is 29.7 Å². The van der Waals surface area contributed by atoms with Crippen LogP contribution in [0.15, 0.2) is 12.1 Å². The van der Waals surface area contributed by atoms with E-state index in [4.69, 9.17) is 11.1 Å². The van der Waals surface area contributed by atoms with Crippen molar-refractivity contribution in [1.29, 1.82) is 5.41 Å². The van der Waals surface area contributed by atoms with Crippen molar-refractivity contribution >= 4 is 17.7 Å². The summed E-state index contributed by atoms with van der Waals surface area (Å²) >= 11 is 0. The second-order valence-corrected chi connectivity index (χ2v) is 4.06. The van der Waals surface area contributed by atoms with Gasteiger partial charge in [0.25, 0.3) is 0 Å². The minimum absolute atomic E-state index is 0.349. The number of nitrogens with two attached hydrogens (primary N) is 1. The Morgan fingerprint density at radius 2 is 1.84 bits per heavy atom. The molecule has 0 radical (unpaired) electrons. The second kappa shape index (κ2) is 6.17. The van der Waals surface area contributed by atoms with Gasteiger partial charge in [-0.3, -0.25) is 5.41 Å². The highest BCUT2D eigenvalue weighted by atomic mass is 19.1. The molecule has 1 aromatic carbocycles. The normalized spacial score (nSPS) is 10.1. The average Bonchev–Trinajstić information content (AvgIpc) is 2.39. The van der Waals surface area contributed by atoms with Gasteiger partial charge in [-0.2, -0.15) is 0 Å². The van der Waals surface area contributed by atoms with Crippen LogP contribution in [0.2, 0.25) is 0 Å². The van der Waals surface area contributed by atoms with E-state index in [0.717, 1.165) is 4.90 Å². The molecule has 0 saturated heterocycles.